The maximum Gasteiger partial charge on any atom is 0.511 e. The van der Waals surface area contributed by atoms with Crippen LogP contribution in [0.4, 0.5) is 13.2 Å². The van der Waals surface area contributed by atoms with Crippen LogP contribution in [-0.2, 0) is 19.1 Å². The number of hydrogen-bond donors (Lipinski definition) is 1. The number of fused-ring (bicyclic) bond motifs is 7. The van der Waals surface area contributed by atoms with Crippen LogP contribution in [-0.4, -0.2) is 50.7 Å². The largest absolute Gasteiger partial charge is 0.511 e. The molecule has 38 heavy (non-hydrogen) atoms. The van der Waals surface area contributed by atoms with Gasteiger partial charge in [-0.3, -0.25) is 0 Å². The number of halogens is 3. The van der Waals surface area contributed by atoms with E-state index in [2.05, 4.69) is 25.7 Å². The lowest BCUT2D eigenvalue weighted by Gasteiger charge is -2.53. The predicted molar refractivity (Wildman–Crippen MR) is 145 cm³/mol. The van der Waals surface area contributed by atoms with Crippen molar-refractivity contribution in [3.8, 4) is 0 Å². The number of rotatable bonds is 5. The summed E-state index contributed by atoms with van der Waals surface area (Å²) in [7, 11) is -7.85. The molecule has 11 heteroatoms. The molecule has 0 aromatic rings. The summed E-state index contributed by atoms with van der Waals surface area (Å²) in [6, 6.07) is 0. The van der Waals surface area contributed by atoms with E-state index in [9.17, 15) is 21.6 Å². The molecule has 1 heterocycles. The number of sulfonamides is 1. The molecule has 0 bridgehead atoms. The van der Waals surface area contributed by atoms with Gasteiger partial charge in [0.15, 0.2) is 0 Å². The average Bonchev–Trinajstić information content (AvgIpc) is 3.05. The van der Waals surface area contributed by atoms with E-state index >= 15 is 0 Å². The van der Waals surface area contributed by atoms with Crippen molar-refractivity contribution in [2.24, 2.45) is 35.5 Å². The van der Waals surface area contributed by atoms with E-state index in [1.807, 2.05) is 0 Å². The highest BCUT2D eigenvalue weighted by molar-refractivity contribution is 7.94. The van der Waals surface area contributed by atoms with Crippen LogP contribution in [0.1, 0.15) is 97.8 Å². The summed E-state index contributed by atoms with van der Waals surface area (Å²) in [6.07, 6.45) is 12.9. The van der Waals surface area contributed by atoms with E-state index in [4.69, 9.17) is 9.05 Å². The number of nitrogens with zero attached hydrogens (tertiary/aromatic N) is 1. The van der Waals surface area contributed by atoms with Crippen molar-refractivity contribution in [3.05, 3.63) is 0 Å². The van der Waals surface area contributed by atoms with Crippen LogP contribution < -0.4 is 4.49 Å². The second-order valence-electron chi connectivity index (χ2n) is 11.9. The Morgan fingerprint density at radius 1 is 0.737 bits per heavy atom. The van der Waals surface area contributed by atoms with Crippen LogP contribution in [0.5, 0.6) is 0 Å². The second-order valence-corrected chi connectivity index (χ2v) is 15.1. The van der Waals surface area contributed by atoms with Crippen molar-refractivity contribution < 1.29 is 30.6 Å². The fourth-order valence-electron chi connectivity index (χ4n) is 8.34. The quantitative estimate of drug-likeness (QED) is 0.346. The van der Waals surface area contributed by atoms with Gasteiger partial charge in [-0.05, 0) is 93.7 Å². The van der Waals surface area contributed by atoms with Crippen LogP contribution in [0.15, 0.2) is 0 Å². The Labute approximate surface area is 229 Å². The third-order valence-electron chi connectivity index (χ3n) is 10.2. The number of hydrogen-bond acceptors (Lipinski definition) is 5. The van der Waals surface area contributed by atoms with E-state index < -0.39 is 24.1 Å². The first-order chi connectivity index (χ1) is 18.1. The minimum atomic E-state index is -5.51. The van der Waals surface area contributed by atoms with Crippen molar-refractivity contribution in [1.82, 2.24) is 9.39 Å². The Morgan fingerprint density at radius 2 is 1.16 bits per heavy atom. The van der Waals surface area contributed by atoms with Gasteiger partial charge in [0.05, 0.1) is 12.2 Å². The lowest BCUT2D eigenvalue weighted by Crippen LogP contribution is -2.51. The Morgan fingerprint density at radius 3 is 1.53 bits per heavy atom. The Hall–Kier alpha value is 0.01000. The maximum absolute atomic E-state index is 13.0. The highest BCUT2D eigenvalue weighted by Gasteiger charge is 2.56. The summed E-state index contributed by atoms with van der Waals surface area (Å²) < 4.78 is 76.8. The van der Waals surface area contributed by atoms with Gasteiger partial charge in [-0.25, -0.2) is 8.42 Å². The van der Waals surface area contributed by atoms with Gasteiger partial charge < -0.3 is 13.9 Å². The van der Waals surface area contributed by atoms with Gasteiger partial charge in [-0.1, -0.05) is 59.3 Å². The van der Waals surface area contributed by atoms with Crippen LogP contribution in [0.25, 0.3) is 0 Å². The molecule has 4 aliphatic carbocycles. The van der Waals surface area contributed by atoms with Crippen LogP contribution in [0.2, 0.25) is 0 Å². The van der Waals surface area contributed by atoms with E-state index in [1.54, 1.807) is 4.49 Å². The molecular formula is C27H48F3N2O4PS. The van der Waals surface area contributed by atoms with Crippen molar-refractivity contribution in [1.29, 1.82) is 0 Å². The first-order valence-corrected chi connectivity index (χ1v) is 17.7. The monoisotopic (exact) mass is 584 g/mol. The fraction of sp³-hybridized carbons (Fsp3) is 1.00. The summed E-state index contributed by atoms with van der Waals surface area (Å²) in [5, 5.41) is 0. The van der Waals surface area contributed by atoms with E-state index in [-0.39, 0.29) is 24.0 Å². The third kappa shape index (κ3) is 6.89. The summed E-state index contributed by atoms with van der Waals surface area (Å²) in [5.74, 6) is 2.94. The molecule has 5 fully saturated rings. The molecule has 5 rings (SSSR count). The summed E-state index contributed by atoms with van der Waals surface area (Å²) in [6.45, 7) is 10.1. The van der Waals surface area contributed by atoms with E-state index in [0.29, 0.717) is 23.7 Å². The molecule has 8 atom stereocenters. The van der Waals surface area contributed by atoms with Gasteiger partial charge >= 0.3 is 15.5 Å². The number of alkyl halides is 3. The molecule has 1 N–H and O–H groups in total. The molecule has 0 aromatic heterocycles. The second kappa shape index (κ2) is 13.3. The van der Waals surface area contributed by atoms with Gasteiger partial charge in [0, 0.05) is 0 Å². The fourth-order valence-corrected chi connectivity index (χ4v) is 10.9. The van der Waals surface area contributed by atoms with Gasteiger partial charge in [-0.15, -0.1) is 4.49 Å². The zero-order chi connectivity index (χ0) is 27.5. The first-order valence-electron chi connectivity index (χ1n) is 15.0. The maximum atomic E-state index is 13.0. The molecule has 5 aliphatic rings. The lowest BCUT2D eigenvalue weighted by atomic mass is 9.53. The summed E-state index contributed by atoms with van der Waals surface area (Å²) in [4.78, 5) is 2.38. The van der Waals surface area contributed by atoms with E-state index in [0.717, 1.165) is 38.5 Å². The summed E-state index contributed by atoms with van der Waals surface area (Å²) >= 11 is 0. The van der Waals surface area contributed by atoms with Crippen LogP contribution >= 0.6 is 8.53 Å². The minimum absolute atomic E-state index is 0.211. The van der Waals surface area contributed by atoms with Crippen molar-refractivity contribution in [3.63, 3.8) is 0 Å². The first kappa shape index (κ1) is 31.0. The van der Waals surface area contributed by atoms with Gasteiger partial charge in [0.1, 0.15) is 0 Å². The van der Waals surface area contributed by atoms with Crippen molar-refractivity contribution in [2.75, 3.05) is 19.6 Å². The molecule has 0 aromatic carbocycles. The molecule has 222 valence electrons. The van der Waals surface area contributed by atoms with E-state index in [1.165, 1.54) is 58.2 Å². The third-order valence-corrected chi connectivity index (χ3v) is 13.3. The molecular weight excluding hydrogens is 536 g/mol. The molecule has 0 amide bonds. The highest BCUT2D eigenvalue weighted by Crippen LogP contribution is 2.61. The topological polar surface area (TPSA) is 67.9 Å². The lowest BCUT2D eigenvalue weighted by molar-refractivity contribution is -0.0856. The minimum Gasteiger partial charge on any atom is -0.318 e. The van der Waals surface area contributed by atoms with Gasteiger partial charge in [-0.2, -0.15) is 13.2 Å². The smallest absolute Gasteiger partial charge is 0.318 e. The van der Waals surface area contributed by atoms with Crippen LogP contribution in [0.3, 0.4) is 0 Å². The molecule has 1 aliphatic heterocycles. The predicted octanol–water partition coefficient (Wildman–Crippen LogP) is 7.22. The van der Waals surface area contributed by atoms with Crippen molar-refractivity contribution >= 4 is 18.5 Å². The van der Waals surface area contributed by atoms with Gasteiger partial charge in [0.2, 0.25) is 0 Å². The molecule has 4 saturated carbocycles. The van der Waals surface area contributed by atoms with Crippen LogP contribution in [0, 0.1) is 35.5 Å². The Bertz CT molecular complexity index is 814. The highest BCUT2D eigenvalue weighted by atomic mass is 32.2. The van der Waals surface area contributed by atoms with Crippen molar-refractivity contribution in [2.45, 2.75) is 116 Å². The summed E-state index contributed by atoms with van der Waals surface area (Å²) in [5.41, 5.74) is -5.37. The molecule has 6 nitrogen and oxygen atoms in total. The molecule has 1 saturated heterocycles. The zero-order valence-corrected chi connectivity index (χ0v) is 25.0. The number of nitrogens with one attached hydrogen (secondary N) is 1. The SMILES string of the molecule is CCN(CC)CC.O=S(=O)(NP1OC2CCC3CCCCC3C2C2C(CCC3CCCCC32)O1)C(F)(F)F. The Kier molecular flexibility index (Phi) is 10.9. The standard InChI is InChI=1S/C21H33F3NO4PS.C6H15N/c22-21(23,24)31(26,27)25-30-28-17-11-9-13-5-1-3-7-15(13)19(17)20-16-8-4-2-6-14(16)10-12-18(20)29-30;1-4-7(5-2)6-3/h13-20,25H,1-12H2;4-6H2,1-3H3. The normalized spacial score (nSPS) is 39.5. The van der Waals surface area contributed by atoms with Gasteiger partial charge in [0.25, 0.3) is 8.53 Å². The zero-order valence-electron chi connectivity index (χ0n) is 23.3. The average molecular weight is 585 g/mol. The molecule has 8 unspecified atom stereocenters. The Balaban J connectivity index is 0.000000426. The molecule has 0 spiro atoms. The molecule has 0 radical (unpaired) electrons.